The van der Waals surface area contributed by atoms with Gasteiger partial charge in [-0.1, -0.05) is 0 Å². The average Bonchev–Trinajstić information content (AvgIpc) is 2.17. The van der Waals surface area contributed by atoms with Gasteiger partial charge in [-0.2, -0.15) is 0 Å². The monoisotopic (exact) mass is 287 g/mol. The van der Waals surface area contributed by atoms with Crippen molar-refractivity contribution in [2.24, 2.45) is 0 Å². The number of allylic oxidation sites excluding steroid dienone is 2. The molecule has 13 heavy (non-hydrogen) atoms. The van der Waals surface area contributed by atoms with Crippen molar-refractivity contribution < 1.29 is 0 Å². The van der Waals surface area contributed by atoms with Gasteiger partial charge in [0.2, 0.25) is 0 Å². The zero-order valence-electron chi connectivity index (χ0n) is 9.02. The van der Waals surface area contributed by atoms with E-state index in [9.17, 15) is 0 Å². The molecule has 0 aliphatic heterocycles. The molecule has 75 valence electrons. The van der Waals surface area contributed by atoms with Crippen LogP contribution in [0.25, 0.3) is 0 Å². The Morgan fingerprint density at radius 3 is 1.92 bits per heavy atom. The van der Waals surface area contributed by atoms with Crippen molar-refractivity contribution in [1.29, 1.82) is 0 Å². The van der Waals surface area contributed by atoms with Crippen LogP contribution in [0.1, 0.15) is 32.6 Å². The Kier molecular flexibility index (Phi) is 10.6. The Hall–Kier alpha value is 0.279. The number of rotatable bonds is 9. The van der Waals surface area contributed by atoms with E-state index in [1.165, 1.54) is 34.6 Å². The number of hydrogen-bond donors (Lipinski definition) is 0. The molecule has 0 amide bonds. The molecule has 0 N–H and O–H groups in total. The quantitative estimate of drug-likeness (QED) is 0.434. The molecule has 0 nitrogen and oxygen atoms in total. The molecule has 0 spiro atoms. The Balaban J connectivity index is 3.58. The second kappa shape index (κ2) is 10.4. The molecule has 0 aromatic rings. The van der Waals surface area contributed by atoms with Crippen LogP contribution >= 0.6 is 0 Å². The summed E-state index contributed by atoms with van der Waals surface area (Å²) in [5.74, 6) is 0. The summed E-state index contributed by atoms with van der Waals surface area (Å²) in [6.45, 7) is 9.90. The SMILES string of the molecule is C=CC[CH2][Sn]([CH2]CC=C)[CH2]CCC. The molecule has 0 atom stereocenters. The van der Waals surface area contributed by atoms with E-state index in [-0.39, 0.29) is 0 Å². The van der Waals surface area contributed by atoms with Gasteiger partial charge in [-0.25, -0.2) is 0 Å². The summed E-state index contributed by atoms with van der Waals surface area (Å²) < 4.78 is 4.61. The first-order chi connectivity index (χ1) is 6.35. The Morgan fingerprint density at radius 1 is 1.00 bits per heavy atom. The van der Waals surface area contributed by atoms with Gasteiger partial charge in [-0.05, 0) is 0 Å². The summed E-state index contributed by atoms with van der Waals surface area (Å²) in [4.78, 5) is 0. The minimum absolute atomic E-state index is 0.982. The maximum absolute atomic E-state index is 3.80. The van der Waals surface area contributed by atoms with E-state index in [1.807, 2.05) is 0 Å². The predicted octanol–water partition coefficient (Wildman–Crippen LogP) is 4.43. The van der Waals surface area contributed by atoms with Gasteiger partial charge in [-0.3, -0.25) is 0 Å². The second-order valence-electron chi connectivity index (χ2n) is 3.51. The van der Waals surface area contributed by atoms with E-state index in [2.05, 4.69) is 32.2 Å². The molecular formula is C12H23Sn. The third-order valence-electron chi connectivity index (χ3n) is 2.29. The van der Waals surface area contributed by atoms with Gasteiger partial charge in [0, 0.05) is 0 Å². The average molecular weight is 286 g/mol. The van der Waals surface area contributed by atoms with Crippen molar-refractivity contribution >= 4 is 19.8 Å². The van der Waals surface area contributed by atoms with Gasteiger partial charge in [0.05, 0.1) is 0 Å². The second-order valence-corrected chi connectivity index (χ2v) is 12.1. The summed E-state index contributed by atoms with van der Waals surface area (Å²) in [6.07, 6.45) is 9.52. The Morgan fingerprint density at radius 2 is 1.54 bits per heavy atom. The van der Waals surface area contributed by atoms with Crippen LogP contribution in [0, 0.1) is 0 Å². The van der Waals surface area contributed by atoms with E-state index in [0.717, 1.165) is 0 Å². The molecule has 0 fully saturated rings. The van der Waals surface area contributed by atoms with Crippen LogP contribution in [0.15, 0.2) is 25.3 Å². The zero-order chi connectivity index (χ0) is 9.94. The molecule has 1 radical (unpaired) electrons. The van der Waals surface area contributed by atoms with Crippen LogP contribution in [-0.2, 0) is 0 Å². The van der Waals surface area contributed by atoms with Crippen LogP contribution in [0.4, 0.5) is 0 Å². The van der Waals surface area contributed by atoms with Gasteiger partial charge in [0.15, 0.2) is 0 Å². The fraction of sp³-hybridized carbons (Fsp3) is 0.667. The van der Waals surface area contributed by atoms with Gasteiger partial charge >= 0.3 is 91.0 Å². The van der Waals surface area contributed by atoms with Crippen LogP contribution in [0.3, 0.4) is 0 Å². The standard InChI is InChI=1S/C4H9.2C4H7.Sn/c3*1-3-4-2;/h1,3-4H2,2H3;2*3H,1-2,4H2;. The molecule has 0 unspecified atom stereocenters. The van der Waals surface area contributed by atoms with Gasteiger partial charge in [0.1, 0.15) is 0 Å². The molecule has 0 saturated carbocycles. The molecule has 0 aromatic heterocycles. The van der Waals surface area contributed by atoms with Crippen molar-refractivity contribution in [2.45, 2.75) is 45.9 Å². The molecule has 0 rings (SSSR count). The first-order valence-corrected chi connectivity index (χ1v) is 11.5. The van der Waals surface area contributed by atoms with Gasteiger partial charge in [-0.15, -0.1) is 0 Å². The van der Waals surface area contributed by atoms with E-state index >= 15 is 0 Å². The molecule has 1 heteroatoms. The van der Waals surface area contributed by atoms with E-state index < -0.39 is 19.8 Å². The van der Waals surface area contributed by atoms with Crippen molar-refractivity contribution in [3.05, 3.63) is 25.3 Å². The molecule has 0 aliphatic carbocycles. The number of hydrogen-bond acceptors (Lipinski definition) is 0. The maximum atomic E-state index is 3.80. The summed E-state index contributed by atoms with van der Waals surface area (Å²) in [6, 6.07) is 0. The first-order valence-electron chi connectivity index (χ1n) is 5.40. The van der Waals surface area contributed by atoms with Crippen molar-refractivity contribution in [3.63, 3.8) is 0 Å². The number of unbranched alkanes of at least 4 members (excludes halogenated alkanes) is 1. The summed E-state index contributed by atoms with van der Waals surface area (Å²) in [7, 11) is 0. The first kappa shape index (κ1) is 13.3. The molecule has 0 bridgehead atoms. The van der Waals surface area contributed by atoms with Gasteiger partial charge < -0.3 is 0 Å². The Bertz CT molecular complexity index is 117. The van der Waals surface area contributed by atoms with Gasteiger partial charge in [0.25, 0.3) is 0 Å². The molecule has 0 aliphatic rings. The third kappa shape index (κ3) is 8.60. The minimum atomic E-state index is -0.982. The fourth-order valence-corrected chi connectivity index (χ4v) is 9.49. The normalized spacial score (nSPS) is 10.3. The fourth-order valence-electron chi connectivity index (χ4n) is 1.41. The van der Waals surface area contributed by atoms with Crippen LogP contribution in [0.2, 0.25) is 13.3 Å². The van der Waals surface area contributed by atoms with Crippen molar-refractivity contribution in [1.82, 2.24) is 0 Å². The predicted molar refractivity (Wildman–Crippen MR) is 64.7 cm³/mol. The summed E-state index contributed by atoms with van der Waals surface area (Å²) in [5.41, 5.74) is 0. The van der Waals surface area contributed by atoms with E-state index in [1.54, 1.807) is 4.44 Å². The zero-order valence-corrected chi connectivity index (χ0v) is 11.9. The van der Waals surface area contributed by atoms with Crippen LogP contribution in [-0.4, -0.2) is 19.8 Å². The molecule has 0 saturated heterocycles. The van der Waals surface area contributed by atoms with Crippen molar-refractivity contribution in [2.75, 3.05) is 0 Å². The van der Waals surface area contributed by atoms with Crippen LogP contribution in [0.5, 0.6) is 0 Å². The van der Waals surface area contributed by atoms with Crippen molar-refractivity contribution in [3.8, 4) is 0 Å². The molecule has 0 heterocycles. The Labute approximate surface area is 90.9 Å². The van der Waals surface area contributed by atoms with Crippen LogP contribution < -0.4 is 0 Å². The summed E-state index contributed by atoms with van der Waals surface area (Å²) in [5, 5.41) is 0. The topological polar surface area (TPSA) is 0 Å². The molecular weight excluding hydrogens is 263 g/mol. The summed E-state index contributed by atoms with van der Waals surface area (Å²) >= 11 is -0.982. The van der Waals surface area contributed by atoms with E-state index in [4.69, 9.17) is 0 Å². The molecule has 0 aromatic carbocycles. The van der Waals surface area contributed by atoms with E-state index in [0.29, 0.717) is 0 Å². The third-order valence-corrected chi connectivity index (χ3v) is 11.0.